The Morgan fingerprint density at radius 3 is 2.61 bits per heavy atom. The second-order valence-electron chi connectivity index (χ2n) is 5.63. The topological polar surface area (TPSA) is 55.7 Å². The molecule has 0 amide bonds. The molecule has 1 unspecified atom stereocenters. The third-order valence-corrected chi connectivity index (χ3v) is 3.10. The van der Waals surface area contributed by atoms with Crippen LogP contribution in [0.15, 0.2) is 5.16 Å². The van der Waals surface area contributed by atoms with E-state index < -0.39 is 5.92 Å². The number of oxime groups is 1. The van der Waals surface area contributed by atoms with Crippen LogP contribution in [-0.2, 0) is 14.4 Å². The fraction of sp³-hybridized carbons (Fsp3) is 0.786. The van der Waals surface area contributed by atoms with Crippen LogP contribution in [0.25, 0.3) is 0 Å². The molecule has 0 heterocycles. The highest BCUT2D eigenvalue weighted by Crippen LogP contribution is 2.35. The molecule has 4 heteroatoms. The minimum absolute atomic E-state index is 0.0110. The van der Waals surface area contributed by atoms with E-state index in [-0.39, 0.29) is 17.0 Å². The monoisotopic (exact) mass is 253 g/mol. The van der Waals surface area contributed by atoms with E-state index in [2.05, 4.69) is 5.16 Å². The van der Waals surface area contributed by atoms with E-state index in [4.69, 9.17) is 4.84 Å². The summed E-state index contributed by atoms with van der Waals surface area (Å²) in [4.78, 5) is 29.2. The molecule has 0 bridgehead atoms. The average molecular weight is 253 g/mol. The summed E-state index contributed by atoms with van der Waals surface area (Å²) in [6, 6.07) is 0. The lowest BCUT2D eigenvalue weighted by Gasteiger charge is -2.33. The van der Waals surface area contributed by atoms with E-state index in [1.807, 2.05) is 27.7 Å². The van der Waals surface area contributed by atoms with Gasteiger partial charge in [-0.15, -0.1) is 0 Å². The lowest BCUT2D eigenvalue weighted by Crippen LogP contribution is -2.42. The number of hydrogen-bond donors (Lipinski definition) is 0. The third kappa shape index (κ3) is 3.65. The first-order valence-electron chi connectivity index (χ1n) is 6.65. The van der Waals surface area contributed by atoms with Gasteiger partial charge in [-0.05, 0) is 25.2 Å². The van der Waals surface area contributed by atoms with Crippen LogP contribution < -0.4 is 0 Å². The largest absolute Gasteiger partial charge is 0.396 e. The zero-order valence-corrected chi connectivity index (χ0v) is 11.8. The molecular weight excluding hydrogens is 230 g/mol. The Morgan fingerprint density at radius 1 is 1.39 bits per heavy atom. The maximum atomic E-state index is 12.1. The molecule has 1 aliphatic carbocycles. The lowest BCUT2D eigenvalue weighted by molar-refractivity contribution is -0.132. The molecular formula is C14H23NO3. The van der Waals surface area contributed by atoms with E-state index in [0.29, 0.717) is 31.6 Å². The Hall–Kier alpha value is -1.19. The third-order valence-electron chi connectivity index (χ3n) is 3.10. The molecule has 1 aliphatic rings. The van der Waals surface area contributed by atoms with Gasteiger partial charge >= 0.3 is 0 Å². The summed E-state index contributed by atoms with van der Waals surface area (Å²) >= 11 is 0. The van der Waals surface area contributed by atoms with Crippen molar-refractivity contribution >= 4 is 17.3 Å². The van der Waals surface area contributed by atoms with Crippen molar-refractivity contribution in [2.24, 2.45) is 16.5 Å². The summed E-state index contributed by atoms with van der Waals surface area (Å²) in [7, 11) is 0. The van der Waals surface area contributed by atoms with E-state index >= 15 is 0 Å². The molecule has 0 aromatic carbocycles. The summed E-state index contributed by atoms with van der Waals surface area (Å²) in [6.45, 7) is 8.27. The van der Waals surface area contributed by atoms with Crippen molar-refractivity contribution in [2.45, 2.75) is 53.4 Å². The normalized spacial score (nSPS) is 25.2. The van der Waals surface area contributed by atoms with Gasteiger partial charge in [0.1, 0.15) is 24.1 Å². The van der Waals surface area contributed by atoms with Crippen molar-refractivity contribution in [3.63, 3.8) is 0 Å². The van der Waals surface area contributed by atoms with Crippen LogP contribution >= 0.6 is 0 Å². The number of nitrogens with zero attached hydrogens (tertiary/aromatic N) is 1. The fourth-order valence-electron chi connectivity index (χ4n) is 2.40. The van der Waals surface area contributed by atoms with Crippen molar-refractivity contribution < 1.29 is 14.4 Å². The van der Waals surface area contributed by atoms with Crippen molar-refractivity contribution in [3.05, 3.63) is 0 Å². The first-order chi connectivity index (χ1) is 8.41. The van der Waals surface area contributed by atoms with Crippen LogP contribution in [-0.4, -0.2) is 23.9 Å². The Morgan fingerprint density at radius 2 is 2.06 bits per heavy atom. The number of carbonyl (C=O) groups excluding carboxylic acids is 2. The van der Waals surface area contributed by atoms with Crippen LogP contribution in [0.1, 0.15) is 53.4 Å². The summed E-state index contributed by atoms with van der Waals surface area (Å²) in [5.41, 5.74) is 0.479. The van der Waals surface area contributed by atoms with Crippen molar-refractivity contribution in [1.29, 1.82) is 0 Å². The van der Waals surface area contributed by atoms with E-state index in [1.165, 1.54) is 0 Å². The second-order valence-corrected chi connectivity index (χ2v) is 5.63. The molecule has 4 nitrogen and oxygen atoms in total. The molecule has 0 spiro atoms. The zero-order valence-electron chi connectivity index (χ0n) is 11.8. The van der Waals surface area contributed by atoms with Crippen molar-refractivity contribution in [2.75, 3.05) is 6.61 Å². The quantitative estimate of drug-likeness (QED) is 0.559. The van der Waals surface area contributed by atoms with Crippen LogP contribution in [0.2, 0.25) is 0 Å². The Labute approximate surface area is 109 Å². The molecule has 18 heavy (non-hydrogen) atoms. The molecule has 0 aliphatic heterocycles. The highest BCUT2D eigenvalue weighted by Gasteiger charge is 2.41. The molecule has 0 N–H and O–H groups in total. The Kier molecular flexibility index (Phi) is 5.05. The van der Waals surface area contributed by atoms with Crippen molar-refractivity contribution in [3.8, 4) is 0 Å². The molecule has 0 radical (unpaired) electrons. The van der Waals surface area contributed by atoms with Gasteiger partial charge in [-0.1, -0.05) is 25.9 Å². The fourth-order valence-corrected chi connectivity index (χ4v) is 2.40. The standard InChI is InChI=1S/C14H23NO3/c1-5-7-11(16)13-10(15-18-6-2)8-14(3,4)9-12(13)17/h13H,5-9H2,1-4H3/b15-10+. The predicted molar refractivity (Wildman–Crippen MR) is 70.5 cm³/mol. The summed E-state index contributed by atoms with van der Waals surface area (Å²) in [6.07, 6.45) is 2.28. The van der Waals surface area contributed by atoms with Gasteiger partial charge in [-0.2, -0.15) is 0 Å². The van der Waals surface area contributed by atoms with Crippen LogP contribution in [0, 0.1) is 11.3 Å². The highest BCUT2D eigenvalue weighted by molar-refractivity contribution is 6.22. The molecule has 0 aromatic rings. The minimum atomic E-state index is -0.662. The van der Waals surface area contributed by atoms with E-state index in [0.717, 1.165) is 6.42 Å². The van der Waals surface area contributed by atoms with Crippen LogP contribution in [0.4, 0.5) is 0 Å². The number of carbonyl (C=O) groups is 2. The second kappa shape index (κ2) is 6.12. The minimum Gasteiger partial charge on any atom is -0.396 e. The Bertz CT molecular complexity index is 358. The highest BCUT2D eigenvalue weighted by atomic mass is 16.6. The summed E-state index contributed by atoms with van der Waals surface area (Å²) < 4.78 is 0. The smallest absolute Gasteiger partial charge is 0.149 e. The number of rotatable bonds is 5. The lowest BCUT2D eigenvalue weighted by atomic mass is 9.69. The van der Waals surface area contributed by atoms with E-state index in [1.54, 1.807) is 0 Å². The summed E-state index contributed by atoms with van der Waals surface area (Å²) in [5, 5.41) is 4.01. The first-order valence-corrected chi connectivity index (χ1v) is 6.65. The van der Waals surface area contributed by atoms with Crippen LogP contribution in [0.3, 0.4) is 0 Å². The Balaban J connectivity index is 2.96. The van der Waals surface area contributed by atoms with Gasteiger partial charge in [0, 0.05) is 12.8 Å². The van der Waals surface area contributed by atoms with Gasteiger partial charge in [-0.25, -0.2) is 0 Å². The van der Waals surface area contributed by atoms with E-state index in [9.17, 15) is 9.59 Å². The number of ketones is 2. The maximum Gasteiger partial charge on any atom is 0.149 e. The van der Waals surface area contributed by atoms with Crippen LogP contribution in [0.5, 0.6) is 0 Å². The van der Waals surface area contributed by atoms with Gasteiger partial charge in [0.15, 0.2) is 0 Å². The maximum absolute atomic E-state index is 12.1. The molecule has 102 valence electrons. The predicted octanol–water partition coefficient (Wildman–Crippen LogP) is 2.75. The van der Waals surface area contributed by atoms with Gasteiger partial charge in [-0.3, -0.25) is 9.59 Å². The van der Waals surface area contributed by atoms with Crippen molar-refractivity contribution in [1.82, 2.24) is 0 Å². The SMILES string of the molecule is CCCC(=O)C1C(=O)CC(C)(C)C/C1=N\OCC. The molecule has 0 saturated heterocycles. The van der Waals surface area contributed by atoms with Gasteiger partial charge in [0.05, 0.1) is 5.71 Å². The molecule has 0 aromatic heterocycles. The summed E-state index contributed by atoms with van der Waals surface area (Å²) in [5.74, 6) is -0.691. The zero-order chi connectivity index (χ0) is 13.8. The molecule has 1 saturated carbocycles. The molecule has 1 rings (SSSR count). The first kappa shape index (κ1) is 14.9. The molecule has 1 fully saturated rings. The van der Waals surface area contributed by atoms with Gasteiger partial charge in [0.25, 0.3) is 0 Å². The molecule has 1 atom stereocenters. The average Bonchev–Trinajstić information content (AvgIpc) is 2.24. The number of Topliss-reactive ketones (excluding diaryl/α,β-unsaturated/α-hetero) is 2. The van der Waals surface area contributed by atoms with Gasteiger partial charge < -0.3 is 4.84 Å². The number of hydrogen-bond acceptors (Lipinski definition) is 4. The van der Waals surface area contributed by atoms with Gasteiger partial charge in [0.2, 0.25) is 0 Å².